The predicted molar refractivity (Wildman–Crippen MR) is 77.8 cm³/mol. The normalized spacial score (nSPS) is 17.6. The molecule has 0 amide bonds. The van der Waals surface area contributed by atoms with Gasteiger partial charge in [-0.2, -0.15) is 0 Å². The van der Waals surface area contributed by atoms with Crippen LogP contribution < -0.4 is 4.72 Å². The minimum Gasteiger partial charge on any atom is -0.208 e. The first-order chi connectivity index (χ1) is 8.90. The van der Waals surface area contributed by atoms with Gasteiger partial charge in [0.1, 0.15) is 0 Å². The van der Waals surface area contributed by atoms with Gasteiger partial charge >= 0.3 is 0 Å². The summed E-state index contributed by atoms with van der Waals surface area (Å²) in [5.74, 6) is 0. The Morgan fingerprint density at radius 2 is 1.53 bits per heavy atom. The molecule has 1 fully saturated rings. The summed E-state index contributed by atoms with van der Waals surface area (Å²) in [6.45, 7) is 5.82. The highest BCUT2D eigenvalue weighted by Gasteiger charge is 2.23. The van der Waals surface area contributed by atoms with Crippen molar-refractivity contribution >= 4 is 10.0 Å². The molecule has 0 aliphatic heterocycles. The molecule has 106 valence electrons. The molecule has 19 heavy (non-hydrogen) atoms. The number of benzene rings is 1. The minimum atomic E-state index is -3.38. The molecule has 1 aromatic rings. The number of hydrogen-bond donors (Lipinski definition) is 1. The van der Waals surface area contributed by atoms with E-state index < -0.39 is 10.0 Å². The molecule has 4 heteroatoms. The van der Waals surface area contributed by atoms with E-state index in [4.69, 9.17) is 0 Å². The van der Waals surface area contributed by atoms with Crippen LogP contribution in [-0.2, 0) is 10.0 Å². The Morgan fingerprint density at radius 1 is 0.947 bits per heavy atom. The highest BCUT2D eigenvalue weighted by molar-refractivity contribution is 7.89. The predicted octanol–water partition coefficient (Wildman–Crippen LogP) is 3.22. The van der Waals surface area contributed by atoms with Crippen molar-refractivity contribution in [3.8, 4) is 0 Å². The standard InChI is InChI=1S/C15H23NO2S/c1-11-9-13(3)15(10-12(11)2)19(17,18)16-14-7-5-4-6-8-14/h9-10,14,16H,4-8H2,1-3H3. The lowest BCUT2D eigenvalue weighted by atomic mass is 9.96. The number of nitrogens with one attached hydrogen (secondary N) is 1. The van der Waals surface area contributed by atoms with Gasteiger partial charge < -0.3 is 0 Å². The zero-order chi connectivity index (χ0) is 14.0. The van der Waals surface area contributed by atoms with Crippen LogP contribution in [0.25, 0.3) is 0 Å². The van der Waals surface area contributed by atoms with Gasteiger partial charge in [-0.15, -0.1) is 0 Å². The van der Waals surface area contributed by atoms with Crippen LogP contribution in [0.1, 0.15) is 48.8 Å². The second kappa shape index (κ2) is 5.63. The first-order valence-electron chi connectivity index (χ1n) is 7.00. The Labute approximate surface area is 116 Å². The molecule has 1 aromatic carbocycles. The fourth-order valence-corrected chi connectivity index (χ4v) is 4.34. The van der Waals surface area contributed by atoms with E-state index in [1.54, 1.807) is 6.07 Å². The quantitative estimate of drug-likeness (QED) is 0.924. The number of rotatable bonds is 3. The summed E-state index contributed by atoms with van der Waals surface area (Å²) in [5, 5.41) is 0. The van der Waals surface area contributed by atoms with Crippen LogP contribution in [0.2, 0.25) is 0 Å². The molecule has 1 saturated carbocycles. The first kappa shape index (κ1) is 14.5. The molecule has 3 nitrogen and oxygen atoms in total. The average Bonchev–Trinajstić information content (AvgIpc) is 2.34. The van der Waals surface area contributed by atoms with Gasteiger partial charge in [-0.3, -0.25) is 0 Å². The minimum absolute atomic E-state index is 0.111. The zero-order valence-electron chi connectivity index (χ0n) is 12.0. The Kier molecular flexibility index (Phi) is 4.31. The van der Waals surface area contributed by atoms with Gasteiger partial charge in [-0.1, -0.05) is 25.3 Å². The first-order valence-corrected chi connectivity index (χ1v) is 8.48. The van der Waals surface area contributed by atoms with Crippen LogP contribution in [0.3, 0.4) is 0 Å². The molecular formula is C15H23NO2S. The van der Waals surface area contributed by atoms with Crippen LogP contribution in [0.15, 0.2) is 17.0 Å². The van der Waals surface area contributed by atoms with Gasteiger partial charge in [0, 0.05) is 6.04 Å². The van der Waals surface area contributed by atoms with Gasteiger partial charge in [0.15, 0.2) is 0 Å². The van der Waals surface area contributed by atoms with Crippen molar-refractivity contribution in [2.45, 2.75) is 63.8 Å². The Hall–Kier alpha value is -0.870. The molecule has 0 saturated heterocycles. The van der Waals surface area contributed by atoms with E-state index in [9.17, 15) is 8.42 Å². The average molecular weight is 281 g/mol. The summed E-state index contributed by atoms with van der Waals surface area (Å²) < 4.78 is 27.8. The molecule has 0 radical (unpaired) electrons. The third kappa shape index (κ3) is 3.37. The monoisotopic (exact) mass is 281 g/mol. The number of hydrogen-bond acceptors (Lipinski definition) is 2. The number of aryl methyl sites for hydroxylation is 3. The summed E-state index contributed by atoms with van der Waals surface area (Å²) in [6.07, 6.45) is 5.39. The molecule has 1 aliphatic carbocycles. The van der Waals surface area contributed by atoms with Crippen LogP contribution >= 0.6 is 0 Å². The van der Waals surface area contributed by atoms with Crippen molar-refractivity contribution in [2.24, 2.45) is 0 Å². The smallest absolute Gasteiger partial charge is 0.208 e. The van der Waals surface area contributed by atoms with E-state index in [0.717, 1.165) is 42.4 Å². The topological polar surface area (TPSA) is 46.2 Å². The molecule has 0 spiro atoms. The van der Waals surface area contributed by atoms with E-state index in [2.05, 4.69) is 4.72 Å². The van der Waals surface area contributed by atoms with Gasteiger partial charge in [-0.25, -0.2) is 13.1 Å². The molecular weight excluding hydrogens is 258 g/mol. The van der Waals surface area contributed by atoms with Crippen molar-refractivity contribution in [1.82, 2.24) is 4.72 Å². The highest BCUT2D eigenvalue weighted by atomic mass is 32.2. The lowest BCUT2D eigenvalue weighted by molar-refractivity contribution is 0.412. The maximum atomic E-state index is 12.5. The second-order valence-corrected chi connectivity index (χ2v) is 7.34. The third-order valence-electron chi connectivity index (χ3n) is 4.01. The lowest BCUT2D eigenvalue weighted by Crippen LogP contribution is -2.36. The van der Waals surface area contributed by atoms with Crippen molar-refractivity contribution in [3.63, 3.8) is 0 Å². The van der Waals surface area contributed by atoms with Gasteiger partial charge in [-0.05, 0) is 56.4 Å². The molecule has 1 aliphatic rings. The van der Waals surface area contributed by atoms with Crippen LogP contribution in [0.4, 0.5) is 0 Å². The van der Waals surface area contributed by atoms with Crippen molar-refractivity contribution in [1.29, 1.82) is 0 Å². The molecule has 0 unspecified atom stereocenters. The second-order valence-electron chi connectivity index (χ2n) is 5.66. The fourth-order valence-electron chi connectivity index (χ4n) is 2.73. The van der Waals surface area contributed by atoms with Crippen LogP contribution in [0.5, 0.6) is 0 Å². The lowest BCUT2D eigenvalue weighted by Gasteiger charge is -2.23. The van der Waals surface area contributed by atoms with Gasteiger partial charge in [0.25, 0.3) is 0 Å². The maximum absolute atomic E-state index is 12.5. The Balaban J connectivity index is 2.26. The third-order valence-corrected chi connectivity index (χ3v) is 5.67. The molecule has 0 heterocycles. The molecule has 0 bridgehead atoms. The molecule has 2 rings (SSSR count). The largest absolute Gasteiger partial charge is 0.241 e. The Morgan fingerprint density at radius 3 is 2.16 bits per heavy atom. The van der Waals surface area contributed by atoms with Crippen molar-refractivity contribution in [2.75, 3.05) is 0 Å². The van der Waals surface area contributed by atoms with Gasteiger partial charge in [0.05, 0.1) is 4.90 Å². The molecule has 0 atom stereocenters. The van der Waals surface area contributed by atoms with Crippen molar-refractivity contribution < 1.29 is 8.42 Å². The van der Waals surface area contributed by atoms with E-state index in [0.29, 0.717) is 4.90 Å². The maximum Gasteiger partial charge on any atom is 0.241 e. The van der Waals surface area contributed by atoms with E-state index >= 15 is 0 Å². The van der Waals surface area contributed by atoms with Crippen LogP contribution in [-0.4, -0.2) is 14.5 Å². The molecule has 1 N–H and O–H groups in total. The SMILES string of the molecule is Cc1cc(C)c(S(=O)(=O)NC2CCCCC2)cc1C. The summed E-state index contributed by atoms with van der Waals surface area (Å²) in [7, 11) is -3.38. The Bertz CT molecular complexity index is 558. The van der Waals surface area contributed by atoms with E-state index in [1.807, 2.05) is 26.8 Å². The summed E-state index contributed by atoms with van der Waals surface area (Å²) in [6, 6.07) is 3.85. The number of sulfonamides is 1. The summed E-state index contributed by atoms with van der Waals surface area (Å²) >= 11 is 0. The van der Waals surface area contributed by atoms with E-state index in [1.165, 1.54) is 6.42 Å². The van der Waals surface area contributed by atoms with E-state index in [-0.39, 0.29) is 6.04 Å². The zero-order valence-corrected chi connectivity index (χ0v) is 12.8. The van der Waals surface area contributed by atoms with Crippen LogP contribution in [0, 0.1) is 20.8 Å². The summed E-state index contributed by atoms with van der Waals surface area (Å²) in [5.41, 5.74) is 2.98. The summed E-state index contributed by atoms with van der Waals surface area (Å²) in [4.78, 5) is 0.432. The van der Waals surface area contributed by atoms with Gasteiger partial charge in [0.2, 0.25) is 10.0 Å². The van der Waals surface area contributed by atoms with Crippen molar-refractivity contribution in [3.05, 3.63) is 28.8 Å². The fraction of sp³-hybridized carbons (Fsp3) is 0.600. The highest BCUT2D eigenvalue weighted by Crippen LogP contribution is 2.23. The molecule has 0 aromatic heterocycles.